The third-order valence-electron chi connectivity index (χ3n) is 4.01. The van der Waals surface area contributed by atoms with Crippen molar-refractivity contribution in [1.82, 2.24) is 15.8 Å². The lowest BCUT2D eigenvalue weighted by atomic mass is 10.1. The lowest BCUT2D eigenvalue weighted by molar-refractivity contribution is 0.0848. The van der Waals surface area contributed by atoms with Crippen LogP contribution in [0.2, 0.25) is 0 Å². The molecule has 2 aromatic heterocycles. The van der Waals surface area contributed by atoms with Crippen molar-refractivity contribution in [3.05, 3.63) is 76.7 Å². The van der Waals surface area contributed by atoms with Gasteiger partial charge in [-0.25, -0.2) is 4.98 Å². The third kappa shape index (κ3) is 3.60. The zero-order valence-electron chi connectivity index (χ0n) is 14.4. The Kier molecular flexibility index (Phi) is 4.70. The molecule has 0 aliphatic carbocycles. The summed E-state index contributed by atoms with van der Waals surface area (Å²) in [6.45, 7) is 1.85. The molecule has 4 rings (SSSR count). The fourth-order valence-electron chi connectivity index (χ4n) is 2.62. The van der Waals surface area contributed by atoms with Gasteiger partial charge < -0.3 is 0 Å². The SMILES string of the molecule is Cc1ccccc1C(=O)NNC(=O)c1ccc(-c2nc3ccccc3s2)s1. The number of hydrogen-bond acceptors (Lipinski definition) is 5. The first-order chi connectivity index (χ1) is 13.1. The molecule has 0 aliphatic rings. The molecular weight excluding hydrogens is 378 g/mol. The van der Waals surface area contributed by atoms with Gasteiger partial charge in [-0.2, -0.15) is 0 Å². The Morgan fingerprint density at radius 3 is 2.41 bits per heavy atom. The van der Waals surface area contributed by atoms with Gasteiger partial charge in [0.2, 0.25) is 0 Å². The number of nitrogens with zero attached hydrogens (tertiary/aromatic N) is 1. The Labute approximate surface area is 163 Å². The van der Waals surface area contributed by atoms with Gasteiger partial charge in [-0.15, -0.1) is 22.7 Å². The normalized spacial score (nSPS) is 10.7. The zero-order chi connectivity index (χ0) is 18.8. The molecule has 2 aromatic carbocycles. The van der Waals surface area contributed by atoms with Gasteiger partial charge in [-0.3, -0.25) is 20.4 Å². The first-order valence-corrected chi connectivity index (χ1v) is 9.87. The Bertz CT molecular complexity index is 1110. The quantitative estimate of drug-likeness (QED) is 0.507. The van der Waals surface area contributed by atoms with Crippen LogP contribution in [0, 0.1) is 6.92 Å². The van der Waals surface area contributed by atoms with E-state index in [-0.39, 0.29) is 11.8 Å². The summed E-state index contributed by atoms with van der Waals surface area (Å²) in [5.41, 5.74) is 7.25. The van der Waals surface area contributed by atoms with Crippen LogP contribution in [-0.2, 0) is 0 Å². The van der Waals surface area contributed by atoms with Crippen LogP contribution in [0.1, 0.15) is 25.6 Å². The number of carbonyl (C=O) groups excluding carboxylic acids is 2. The molecule has 0 saturated heterocycles. The maximum Gasteiger partial charge on any atom is 0.279 e. The number of thiophene rings is 1. The lowest BCUT2D eigenvalue weighted by Crippen LogP contribution is -2.41. The van der Waals surface area contributed by atoms with E-state index in [4.69, 9.17) is 0 Å². The van der Waals surface area contributed by atoms with Crippen molar-refractivity contribution in [2.75, 3.05) is 0 Å². The Morgan fingerprint density at radius 2 is 1.59 bits per heavy atom. The van der Waals surface area contributed by atoms with E-state index in [0.717, 1.165) is 25.7 Å². The molecule has 4 aromatic rings. The van der Waals surface area contributed by atoms with Crippen LogP contribution in [0.25, 0.3) is 20.1 Å². The van der Waals surface area contributed by atoms with Crippen molar-refractivity contribution in [2.24, 2.45) is 0 Å². The van der Waals surface area contributed by atoms with Crippen molar-refractivity contribution in [1.29, 1.82) is 0 Å². The van der Waals surface area contributed by atoms with Crippen molar-refractivity contribution in [3.63, 3.8) is 0 Å². The number of hydrogen-bond donors (Lipinski definition) is 2. The molecular formula is C20H15N3O2S2. The third-order valence-corrected chi connectivity index (χ3v) is 6.30. The van der Waals surface area contributed by atoms with Crippen LogP contribution in [0.4, 0.5) is 0 Å². The molecule has 27 heavy (non-hydrogen) atoms. The van der Waals surface area contributed by atoms with Gasteiger partial charge in [0.25, 0.3) is 11.8 Å². The lowest BCUT2D eigenvalue weighted by Gasteiger charge is -2.08. The highest BCUT2D eigenvalue weighted by Crippen LogP contribution is 2.34. The molecule has 134 valence electrons. The van der Waals surface area contributed by atoms with Gasteiger partial charge in [0, 0.05) is 5.56 Å². The molecule has 0 spiro atoms. The minimum Gasteiger partial charge on any atom is -0.267 e. The van der Waals surface area contributed by atoms with Crippen molar-refractivity contribution >= 4 is 44.7 Å². The smallest absolute Gasteiger partial charge is 0.267 e. The second kappa shape index (κ2) is 7.30. The Balaban J connectivity index is 1.46. The zero-order valence-corrected chi connectivity index (χ0v) is 16.0. The van der Waals surface area contributed by atoms with E-state index in [1.165, 1.54) is 11.3 Å². The number of thiazole rings is 1. The van der Waals surface area contributed by atoms with Crippen LogP contribution in [0.15, 0.2) is 60.7 Å². The standard InChI is InChI=1S/C20H15N3O2S2/c1-12-6-2-3-7-13(12)18(24)22-23-19(25)16-10-11-17(26-16)20-21-14-8-4-5-9-15(14)27-20/h2-11H,1H3,(H,22,24)(H,23,25). The highest BCUT2D eigenvalue weighted by Gasteiger charge is 2.14. The van der Waals surface area contributed by atoms with Crippen LogP contribution >= 0.6 is 22.7 Å². The molecule has 7 heteroatoms. The van der Waals surface area contributed by atoms with Crippen molar-refractivity contribution in [2.45, 2.75) is 6.92 Å². The summed E-state index contributed by atoms with van der Waals surface area (Å²) in [7, 11) is 0. The Morgan fingerprint density at radius 1 is 0.852 bits per heavy atom. The fraction of sp³-hybridized carbons (Fsp3) is 0.0500. The summed E-state index contributed by atoms with van der Waals surface area (Å²) in [6, 6.07) is 18.8. The number of nitrogens with one attached hydrogen (secondary N) is 2. The molecule has 0 radical (unpaired) electrons. The number of rotatable bonds is 3. The van der Waals surface area contributed by atoms with Crippen molar-refractivity contribution in [3.8, 4) is 9.88 Å². The number of aryl methyl sites for hydroxylation is 1. The first-order valence-electron chi connectivity index (χ1n) is 8.24. The largest absolute Gasteiger partial charge is 0.279 e. The number of amides is 2. The average Bonchev–Trinajstić information content (AvgIpc) is 3.33. The minimum absolute atomic E-state index is 0.343. The summed E-state index contributed by atoms with van der Waals surface area (Å²) in [4.78, 5) is 30.6. The van der Waals surface area contributed by atoms with Gasteiger partial charge in [-0.1, -0.05) is 30.3 Å². The van der Waals surface area contributed by atoms with Crippen LogP contribution in [0.3, 0.4) is 0 Å². The van der Waals surface area contributed by atoms with Gasteiger partial charge in [-0.05, 0) is 42.8 Å². The minimum atomic E-state index is -0.353. The molecule has 0 unspecified atom stereocenters. The molecule has 2 amide bonds. The predicted molar refractivity (Wildman–Crippen MR) is 109 cm³/mol. The molecule has 0 saturated carbocycles. The van der Waals surface area contributed by atoms with E-state index >= 15 is 0 Å². The van der Waals surface area contributed by atoms with Gasteiger partial charge >= 0.3 is 0 Å². The van der Waals surface area contributed by atoms with Crippen LogP contribution in [0.5, 0.6) is 0 Å². The topological polar surface area (TPSA) is 71.1 Å². The summed E-state index contributed by atoms with van der Waals surface area (Å²) < 4.78 is 1.11. The predicted octanol–water partition coefficient (Wildman–Crippen LogP) is 4.41. The molecule has 2 N–H and O–H groups in total. The van der Waals surface area contributed by atoms with E-state index < -0.39 is 0 Å². The molecule has 0 bridgehead atoms. The van der Waals surface area contributed by atoms with Gasteiger partial charge in [0.05, 0.1) is 20.0 Å². The number of aromatic nitrogens is 1. The molecule has 5 nitrogen and oxygen atoms in total. The van der Waals surface area contributed by atoms with Crippen LogP contribution in [-0.4, -0.2) is 16.8 Å². The average molecular weight is 393 g/mol. The van der Waals surface area contributed by atoms with Crippen molar-refractivity contribution < 1.29 is 9.59 Å². The Hall–Kier alpha value is -3.03. The maximum absolute atomic E-state index is 12.3. The summed E-state index contributed by atoms with van der Waals surface area (Å²) in [5.74, 6) is -0.696. The molecule has 0 atom stereocenters. The molecule has 0 fully saturated rings. The number of benzene rings is 2. The summed E-state index contributed by atoms with van der Waals surface area (Å²) >= 11 is 2.93. The molecule has 2 heterocycles. The van der Waals surface area contributed by atoms with E-state index in [0.29, 0.717) is 10.4 Å². The van der Waals surface area contributed by atoms with E-state index in [2.05, 4.69) is 15.8 Å². The molecule has 0 aliphatic heterocycles. The van der Waals surface area contributed by atoms with Crippen LogP contribution < -0.4 is 10.9 Å². The van der Waals surface area contributed by atoms with E-state index in [1.54, 1.807) is 29.5 Å². The maximum atomic E-state index is 12.3. The highest BCUT2D eigenvalue weighted by atomic mass is 32.1. The van der Waals surface area contributed by atoms with Gasteiger partial charge in [0.15, 0.2) is 0 Å². The van der Waals surface area contributed by atoms with Gasteiger partial charge in [0.1, 0.15) is 5.01 Å². The summed E-state index contributed by atoms with van der Waals surface area (Å²) in [6.07, 6.45) is 0. The number of carbonyl (C=O) groups is 2. The monoisotopic (exact) mass is 393 g/mol. The second-order valence-corrected chi connectivity index (χ2v) is 7.99. The second-order valence-electron chi connectivity index (χ2n) is 5.87. The van der Waals surface area contributed by atoms with E-state index in [1.807, 2.05) is 49.4 Å². The first kappa shape index (κ1) is 17.4. The highest BCUT2D eigenvalue weighted by molar-refractivity contribution is 7.26. The fourth-order valence-corrected chi connectivity index (χ4v) is 4.54. The number of hydrazine groups is 1. The van der Waals surface area contributed by atoms with E-state index in [9.17, 15) is 9.59 Å². The summed E-state index contributed by atoms with van der Waals surface area (Å²) in [5, 5.41) is 0.879. The number of fused-ring (bicyclic) bond motifs is 1. The number of para-hydroxylation sites is 1.